The molecule has 0 fully saturated rings. The minimum Gasteiger partial charge on any atom is -0.353 e. The lowest BCUT2D eigenvalue weighted by atomic mass is 9.79. The van der Waals surface area contributed by atoms with Crippen molar-refractivity contribution >= 4 is 15.7 Å². The molecule has 0 aromatic heterocycles. The molecule has 0 bridgehead atoms. The van der Waals surface area contributed by atoms with Crippen LogP contribution in [0, 0.1) is 0 Å². The number of hydrogen-bond acceptors (Lipinski definition) is 3. The first kappa shape index (κ1) is 19.7. The molecule has 1 aromatic carbocycles. The standard InChI is InChI=1S/C18H29NO3S/c1-13(2)23(21,22)15(4)17(20)19-14(3)12-18(5,6)16-10-8-7-9-11-16/h7-11,13-15H,12H2,1-6H3,(H,19,20)/t14-,15+/m1/s1. The number of benzene rings is 1. The quantitative estimate of drug-likeness (QED) is 0.830. The van der Waals surface area contributed by atoms with E-state index in [1.165, 1.54) is 12.5 Å². The van der Waals surface area contributed by atoms with Crippen LogP contribution in [0.25, 0.3) is 0 Å². The van der Waals surface area contributed by atoms with Crippen LogP contribution < -0.4 is 5.32 Å². The first-order chi connectivity index (χ1) is 10.5. The third-order valence-electron chi connectivity index (χ3n) is 4.28. The lowest BCUT2D eigenvalue weighted by molar-refractivity contribution is -0.121. The average molecular weight is 340 g/mol. The highest BCUT2D eigenvalue weighted by molar-refractivity contribution is 7.93. The van der Waals surface area contributed by atoms with Crippen molar-refractivity contribution in [3.63, 3.8) is 0 Å². The van der Waals surface area contributed by atoms with Crippen molar-refractivity contribution in [2.24, 2.45) is 0 Å². The van der Waals surface area contributed by atoms with E-state index in [9.17, 15) is 13.2 Å². The predicted octanol–water partition coefficient (Wildman–Crippen LogP) is 3.07. The Morgan fingerprint density at radius 1 is 1.09 bits per heavy atom. The second-order valence-corrected chi connectivity index (χ2v) is 9.97. The number of hydrogen-bond donors (Lipinski definition) is 1. The van der Waals surface area contributed by atoms with Gasteiger partial charge >= 0.3 is 0 Å². The summed E-state index contributed by atoms with van der Waals surface area (Å²) in [6, 6.07) is 10.0. The third kappa shape index (κ3) is 5.06. The van der Waals surface area contributed by atoms with Gasteiger partial charge in [0.25, 0.3) is 0 Å². The molecule has 0 aliphatic rings. The number of amides is 1. The van der Waals surface area contributed by atoms with Crippen molar-refractivity contribution in [2.45, 2.75) is 69.9 Å². The molecule has 0 radical (unpaired) electrons. The zero-order valence-corrected chi connectivity index (χ0v) is 15.8. The van der Waals surface area contributed by atoms with E-state index in [0.717, 1.165) is 6.42 Å². The van der Waals surface area contributed by atoms with Gasteiger partial charge in [0.15, 0.2) is 9.84 Å². The Morgan fingerprint density at radius 3 is 2.09 bits per heavy atom. The molecule has 130 valence electrons. The smallest absolute Gasteiger partial charge is 0.238 e. The molecule has 4 nitrogen and oxygen atoms in total. The monoisotopic (exact) mass is 339 g/mol. The van der Waals surface area contributed by atoms with Crippen LogP contribution in [-0.4, -0.2) is 30.9 Å². The van der Waals surface area contributed by atoms with E-state index in [4.69, 9.17) is 0 Å². The molecular weight excluding hydrogens is 310 g/mol. The molecule has 0 saturated heterocycles. The lowest BCUT2D eigenvalue weighted by Crippen LogP contribution is -2.45. The Labute approximate surface area is 140 Å². The van der Waals surface area contributed by atoms with Crippen molar-refractivity contribution in [1.29, 1.82) is 0 Å². The SMILES string of the molecule is CC(C)S(=O)(=O)[C@@H](C)C(=O)N[C@H](C)CC(C)(C)c1ccccc1. The van der Waals surface area contributed by atoms with Crippen molar-refractivity contribution in [2.75, 3.05) is 0 Å². The van der Waals surface area contributed by atoms with E-state index in [1.54, 1.807) is 13.8 Å². The van der Waals surface area contributed by atoms with Gasteiger partial charge in [0, 0.05) is 6.04 Å². The summed E-state index contributed by atoms with van der Waals surface area (Å²) in [5.74, 6) is -0.421. The molecule has 1 amide bonds. The van der Waals surface area contributed by atoms with Gasteiger partial charge in [-0.3, -0.25) is 4.79 Å². The maximum atomic E-state index is 12.2. The minimum absolute atomic E-state index is 0.103. The van der Waals surface area contributed by atoms with Crippen molar-refractivity contribution in [3.8, 4) is 0 Å². The summed E-state index contributed by atoms with van der Waals surface area (Å²) in [7, 11) is -3.43. The Balaban J connectivity index is 2.73. The summed E-state index contributed by atoms with van der Waals surface area (Å²) >= 11 is 0. The van der Waals surface area contributed by atoms with Crippen LogP contribution in [0.15, 0.2) is 30.3 Å². The van der Waals surface area contributed by atoms with E-state index < -0.39 is 26.2 Å². The van der Waals surface area contributed by atoms with Gasteiger partial charge in [0.05, 0.1) is 5.25 Å². The summed E-state index contributed by atoms with van der Waals surface area (Å²) < 4.78 is 24.2. The predicted molar refractivity (Wildman–Crippen MR) is 95.2 cm³/mol. The van der Waals surface area contributed by atoms with Crippen LogP contribution in [0.2, 0.25) is 0 Å². The Morgan fingerprint density at radius 2 is 1.61 bits per heavy atom. The summed E-state index contributed by atoms with van der Waals surface area (Å²) in [4.78, 5) is 12.2. The van der Waals surface area contributed by atoms with E-state index >= 15 is 0 Å². The van der Waals surface area contributed by atoms with E-state index in [0.29, 0.717) is 0 Å². The first-order valence-electron chi connectivity index (χ1n) is 8.07. The largest absolute Gasteiger partial charge is 0.353 e. The molecule has 0 aliphatic carbocycles. The van der Waals surface area contributed by atoms with Gasteiger partial charge in [-0.15, -0.1) is 0 Å². The average Bonchev–Trinajstić information content (AvgIpc) is 2.46. The van der Waals surface area contributed by atoms with Gasteiger partial charge in [-0.1, -0.05) is 44.2 Å². The van der Waals surface area contributed by atoms with Crippen LogP contribution in [0.5, 0.6) is 0 Å². The highest BCUT2D eigenvalue weighted by Gasteiger charge is 2.32. The first-order valence-corrected chi connectivity index (χ1v) is 9.68. The number of sulfone groups is 1. The van der Waals surface area contributed by atoms with Gasteiger partial charge in [-0.05, 0) is 45.1 Å². The van der Waals surface area contributed by atoms with Gasteiger partial charge < -0.3 is 5.32 Å². The second-order valence-electron chi connectivity index (χ2n) is 7.14. The Bertz CT molecular complexity index is 621. The number of nitrogens with one attached hydrogen (secondary N) is 1. The van der Waals surface area contributed by atoms with E-state index in [1.807, 2.05) is 25.1 Å². The molecule has 5 heteroatoms. The fourth-order valence-electron chi connectivity index (χ4n) is 2.74. The molecule has 1 rings (SSSR count). The molecule has 23 heavy (non-hydrogen) atoms. The fourth-order valence-corrected chi connectivity index (χ4v) is 3.92. The molecule has 0 spiro atoms. The fraction of sp³-hybridized carbons (Fsp3) is 0.611. The Kier molecular flexibility index (Phi) is 6.40. The van der Waals surface area contributed by atoms with Crippen LogP contribution in [0.1, 0.15) is 53.5 Å². The highest BCUT2D eigenvalue weighted by Crippen LogP contribution is 2.28. The minimum atomic E-state index is -3.43. The molecule has 0 saturated carbocycles. The highest BCUT2D eigenvalue weighted by atomic mass is 32.2. The molecule has 1 aromatic rings. The van der Waals surface area contributed by atoms with E-state index in [-0.39, 0.29) is 11.5 Å². The molecule has 1 N–H and O–H groups in total. The van der Waals surface area contributed by atoms with Gasteiger partial charge in [-0.2, -0.15) is 0 Å². The normalized spacial score (nSPS) is 15.3. The summed E-state index contributed by atoms with van der Waals surface area (Å²) in [6.07, 6.45) is 0.733. The van der Waals surface area contributed by atoms with Gasteiger partial charge in [-0.25, -0.2) is 8.42 Å². The lowest BCUT2D eigenvalue weighted by Gasteiger charge is -2.29. The topological polar surface area (TPSA) is 63.2 Å². The molecule has 0 aliphatic heterocycles. The van der Waals surface area contributed by atoms with Crippen molar-refractivity contribution in [3.05, 3.63) is 35.9 Å². The van der Waals surface area contributed by atoms with E-state index in [2.05, 4.69) is 31.3 Å². The molecule has 2 atom stereocenters. The zero-order valence-electron chi connectivity index (χ0n) is 15.0. The molecule has 0 unspecified atom stereocenters. The van der Waals surface area contributed by atoms with Crippen LogP contribution in [0.3, 0.4) is 0 Å². The van der Waals surface area contributed by atoms with Crippen LogP contribution in [0.4, 0.5) is 0 Å². The second kappa shape index (κ2) is 7.47. The zero-order chi connectivity index (χ0) is 17.8. The molecule has 0 heterocycles. The Hall–Kier alpha value is -1.36. The van der Waals surface area contributed by atoms with Crippen LogP contribution in [-0.2, 0) is 20.0 Å². The maximum absolute atomic E-state index is 12.2. The number of rotatable bonds is 7. The number of carbonyl (C=O) groups excluding carboxylic acids is 1. The van der Waals surface area contributed by atoms with Gasteiger partial charge in [0.1, 0.15) is 5.25 Å². The molecular formula is C18H29NO3S. The van der Waals surface area contributed by atoms with Crippen molar-refractivity contribution < 1.29 is 13.2 Å². The summed E-state index contributed by atoms with van der Waals surface area (Å²) in [5, 5.41) is 1.27. The summed E-state index contributed by atoms with van der Waals surface area (Å²) in [5.41, 5.74) is 1.10. The third-order valence-corrected chi connectivity index (χ3v) is 6.79. The maximum Gasteiger partial charge on any atom is 0.238 e. The number of carbonyl (C=O) groups is 1. The van der Waals surface area contributed by atoms with Crippen molar-refractivity contribution in [1.82, 2.24) is 5.32 Å². The summed E-state index contributed by atoms with van der Waals surface area (Å²) in [6.45, 7) is 10.8. The van der Waals surface area contributed by atoms with Gasteiger partial charge in [0.2, 0.25) is 5.91 Å². The van der Waals surface area contributed by atoms with Crippen LogP contribution >= 0.6 is 0 Å².